The van der Waals surface area contributed by atoms with Crippen molar-refractivity contribution >= 4 is 27.9 Å². The van der Waals surface area contributed by atoms with Crippen molar-refractivity contribution in [2.24, 2.45) is 17.8 Å². The number of thiazole rings is 1. The fourth-order valence-corrected chi connectivity index (χ4v) is 4.01. The smallest absolute Gasteiger partial charge is 0.230 e. The van der Waals surface area contributed by atoms with Gasteiger partial charge in [-0.15, -0.1) is 11.3 Å². The van der Waals surface area contributed by atoms with Crippen LogP contribution in [0.3, 0.4) is 0 Å². The summed E-state index contributed by atoms with van der Waals surface area (Å²) in [6.45, 7) is 6.26. The van der Waals surface area contributed by atoms with Gasteiger partial charge in [0.05, 0.1) is 11.6 Å². The number of hydrogen-bond acceptors (Lipinski definition) is 4. The van der Waals surface area contributed by atoms with Crippen LogP contribution in [-0.4, -0.2) is 24.0 Å². The van der Waals surface area contributed by atoms with E-state index in [9.17, 15) is 4.79 Å². The van der Waals surface area contributed by atoms with Crippen molar-refractivity contribution in [2.75, 3.05) is 18.4 Å². The Morgan fingerprint density at radius 2 is 2.39 bits per heavy atom. The second kappa shape index (κ2) is 7.41. The molecule has 2 heterocycles. The van der Waals surface area contributed by atoms with Crippen LogP contribution < -0.4 is 10.6 Å². The summed E-state index contributed by atoms with van der Waals surface area (Å²) in [4.78, 5) is 16.9. The summed E-state index contributed by atoms with van der Waals surface area (Å²) < 4.78 is 0. The molecule has 3 rings (SSSR count). The van der Waals surface area contributed by atoms with Crippen LogP contribution in [0.5, 0.6) is 0 Å². The van der Waals surface area contributed by atoms with E-state index in [4.69, 9.17) is 0 Å². The Kier molecular flexibility index (Phi) is 5.28. The first-order valence-electron chi connectivity index (χ1n) is 8.55. The molecule has 1 saturated heterocycles. The summed E-state index contributed by atoms with van der Waals surface area (Å²) in [5.41, 5.74) is 2.13. The number of amides is 1. The lowest BCUT2D eigenvalue weighted by molar-refractivity contribution is -0.120. The van der Waals surface area contributed by atoms with Crippen LogP contribution in [0.25, 0.3) is 5.57 Å². The van der Waals surface area contributed by atoms with Gasteiger partial charge in [0.2, 0.25) is 5.91 Å². The molecule has 0 bridgehead atoms. The predicted octanol–water partition coefficient (Wildman–Crippen LogP) is 3.70. The molecule has 3 atom stereocenters. The molecule has 0 radical (unpaired) electrons. The van der Waals surface area contributed by atoms with Gasteiger partial charge in [-0.3, -0.25) is 4.79 Å². The molecule has 1 fully saturated rings. The van der Waals surface area contributed by atoms with E-state index < -0.39 is 0 Å². The summed E-state index contributed by atoms with van der Waals surface area (Å²) in [5.74, 6) is 1.31. The summed E-state index contributed by atoms with van der Waals surface area (Å²) in [5, 5.41) is 8.99. The Balaban J connectivity index is 1.64. The molecular weight excluding hydrogens is 306 g/mol. The second-order valence-electron chi connectivity index (χ2n) is 6.48. The lowest BCUT2D eigenvalue weighted by atomic mass is 9.85. The molecule has 2 N–H and O–H groups in total. The summed E-state index contributed by atoms with van der Waals surface area (Å²) in [6, 6.07) is 0. The van der Waals surface area contributed by atoms with Crippen LogP contribution in [0.15, 0.2) is 23.6 Å². The molecule has 1 aliphatic carbocycles. The van der Waals surface area contributed by atoms with Gasteiger partial charge in [0.25, 0.3) is 0 Å². The average molecular weight is 331 g/mol. The number of hydrogen-bond donors (Lipinski definition) is 2. The molecule has 0 saturated carbocycles. The topological polar surface area (TPSA) is 54.0 Å². The first-order valence-corrected chi connectivity index (χ1v) is 9.43. The van der Waals surface area contributed by atoms with Crippen LogP contribution in [0.1, 0.15) is 38.8 Å². The van der Waals surface area contributed by atoms with Crippen molar-refractivity contribution in [3.63, 3.8) is 0 Å². The maximum atomic E-state index is 12.3. The molecule has 23 heavy (non-hydrogen) atoms. The van der Waals surface area contributed by atoms with Crippen LogP contribution in [0, 0.1) is 17.8 Å². The Morgan fingerprint density at radius 3 is 3.09 bits per heavy atom. The van der Waals surface area contributed by atoms with Gasteiger partial charge >= 0.3 is 0 Å². The Labute approximate surface area is 142 Å². The predicted molar refractivity (Wildman–Crippen MR) is 96.4 cm³/mol. The molecule has 1 aliphatic heterocycles. The number of nitrogens with one attached hydrogen (secondary N) is 2. The molecule has 2 aliphatic rings. The average Bonchev–Trinajstić information content (AvgIpc) is 3.04. The third-order valence-corrected chi connectivity index (χ3v) is 5.57. The van der Waals surface area contributed by atoms with Crippen LogP contribution in [0.4, 0.5) is 5.13 Å². The fraction of sp³-hybridized carbons (Fsp3) is 0.556. The Bertz CT molecular complexity index is 614. The van der Waals surface area contributed by atoms with Gasteiger partial charge in [0.15, 0.2) is 5.13 Å². The zero-order valence-electron chi connectivity index (χ0n) is 13.8. The summed E-state index contributed by atoms with van der Waals surface area (Å²) >= 11 is 1.51. The lowest BCUT2D eigenvalue weighted by Gasteiger charge is -2.21. The summed E-state index contributed by atoms with van der Waals surface area (Å²) in [7, 11) is 0. The van der Waals surface area contributed by atoms with Crippen molar-refractivity contribution in [2.45, 2.75) is 33.1 Å². The number of piperidine rings is 1. The standard InChI is InChI=1S/C18H25N3OS/c1-3-13-6-7-14(9-12(13)2)16-11-23-18(20-16)21-17(22)15-5-4-8-19-10-15/h6-7,9,11-13,15,19H,3-5,8,10H2,1-2H3,(H,20,21,22). The van der Waals surface area contributed by atoms with Crippen LogP contribution >= 0.6 is 11.3 Å². The van der Waals surface area contributed by atoms with Crippen molar-refractivity contribution < 1.29 is 4.79 Å². The highest BCUT2D eigenvalue weighted by Crippen LogP contribution is 2.31. The third-order valence-electron chi connectivity index (χ3n) is 4.81. The molecule has 1 aromatic heterocycles. The molecule has 124 valence electrons. The molecule has 0 spiro atoms. The molecule has 1 amide bonds. The van der Waals surface area contributed by atoms with Crippen molar-refractivity contribution in [1.29, 1.82) is 0 Å². The highest BCUT2D eigenvalue weighted by Gasteiger charge is 2.22. The molecule has 4 nitrogen and oxygen atoms in total. The van der Waals surface area contributed by atoms with Gasteiger partial charge in [-0.05, 0) is 43.2 Å². The van der Waals surface area contributed by atoms with Gasteiger partial charge in [-0.25, -0.2) is 4.98 Å². The number of rotatable bonds is 4. The van der Waals surface area contributed by atoms with Gasteiger partial charge < -0.3 is 10.6 Å². The van der Waals surface area contributed by atoms with Gasteiger partial charge in [-0.2, -0.15) is 0 Å². The number of anilines is 1. The first-order chi connectivity index (χ1) is 11.2. The van der Waals surface area contributed by atoms with E-state index in [1.54, 1.807) is 0 Å². The van der Waals surface area contributed by atoms with E-state index >= 15 is 0 Å². The minimum absolute atomic E-state index is 0.0650. The monoisotopic (exact) mass is 331 g/mol. The zero-order valence-corrected chi connectivity index (χ0v) is 14.7. The maximum absolute atomic E-state index is 12.3. The number of allylic oxidation sites excluding steroid dienone is 4. The highest BCUT2D eigenvalue weighted by atomic mass is 32.1. The van der Waals surface area contributed by atoms with Gasteiger partial charge in [-0.1, -0.05) is 32.1 Å². The minimum atomic E-state index is 0.0650. The van der Waals surface area contributed by atoms with E-state index in [0.29, 0.717) is 17.0 Å². The zero-order chi connectivity index (χ0) is 16.2. The van der Waals surface area contributed by atoms with Crippen molar-refractivity contribution in [1.82, 2.24) is 10.3 Å². The van der Waals surface area contributed by atoms with Crippen molar-refractivity contribution in [3.05, 3.63) is 29.3 Å². The normalized spacial score (nSPS) is 27.6. The first kappa shape index (κ1) is 16.4. The molecule has 3 unspecified atom stereocenters. The molecule has 1 aromatic rings. The van der Waals surface area contributed by atoms with Crippen LogP contribution in [-0.2, 0) is 4.79 Å². The Hall–Kier alpha value is -1.46. The second-order valence-corrected chi connectivity index (χ2v) is 7.34. The summed E-state index contributed by atoms with van der Waals surface area (Å²) in [6.07, 6.45) is 9.93. The van der Waals surface area contributed by atoms with E-state index in [-0.39, 0.29) is 11.8 Å². The largest absolute Gasteiger partial charge is 0.316 e. The third kappa shape index (κ3) is 3.90. The van der Waals surface area contributed by atoms with Crippen LogP contribution in [0.2, 0.25) is 0 Å². The molecule has 0 aromatic carbocycles. The molecular formula is C18H25N3OS. The van der Waals surface area contributed by atoms with E-state index in [1.165, 1.54) is 16.9 Å². The maximum Gasteiger partial charge on any atom is 0.230 e. The Morgan fingerprint density at radius 1 is 1.52 bits per heavy atom. The van der Waals surface area contributed by atoms with Crippen molar-refractivity contribution in [3.8, 4) is 0 Å². The fourth-order valence-electron chi connectivity index (χ4n) is 3.29. The lowest BCUT2D eigenvalue weighted by Crippen LogP contribution is -2.37. The number of aromatic nitrogens is 1. The van der Waals surface area contributed by atoms with E-state index in [1.807, 2.05) is 5.38 Å². The SMILES string of the molecule is CCC1C=CC(c2csc(NC(=O)C3CCCNC3)n2)=CC1C. The van der Waals surface area contributed by atoms with E-state index in [2.05, 4.69) is 47.7 Å². The minimum Gasteiger partial charge on any atom is -0.316 e. The molecule has 5 heteroatoms. The van der Waals surface area contributed by atoms with Gasteiger partial charge in [0.1, 0.15) is 0 Å². The number of carbonyl (C=O) groups excluding carboxylic acids is 1. The quantitative estimate of drug-likeness (QED) is 0.884. The number of carbonyl (C=O) groups is 1. The van der Waals surface area contributed by atoms with E-state index in [0.717, 1.165) is 38.0 Å². The van der Waals surface area contributed by atoms with Gasteiger partial charge in [0, 0.05) is 11.9 Å². The number of nitrogens with zero attached hydrogens (tertiary/aromatic N) is 1. The highest BCUT2D eigenvalue weighted by molar-refractivity contribution is 7.14.